The van der Waals surface area contributed by atoms with Crippen LogP contribution < -0.4 is 4.74 Å². The summed E-state index contributed by atoms with van der Waals surface area (Å²) in [5.41, 5.74) is 4.35. The van der Waals surface area contributed by atoms with Gasteiger partial charge in [-0.1, -0.05) is 24.3 Å². The molecule has 0 aliphatic rings. The zero-order valence-electron chi connectivity index (χ0n) is 17.8. The van der Waals surface area contributed by atoms with E-state index in [9.17, 15) is 4.79 Å². The van der Waals surface area contributed by atoms with Crippen LogP contribution in [0.5, 0.6) is 5.75 Å². The first-order valence-corrected chi connectivity index (χ1v) is 10.1. The zero-order chi connectivity index (χ0) is 21.5. The number of nitriles is 1. The Balaban J connectivity index is 1.61. The minimum absolute atomic E-state index is 0.0760. The topological polar surface area (TPSA) is 58.3 Å². The van der Waals surface area contributed by atoms with Crippen molar-refractivity contribution in [2.24, 2.45) is 0 Å². The first-order chi connectivity index (χ1) is 14.5. The molecule has 0 atom stereocenters. The van der Waals surface area contributed by atoms with Crippen LogP contribution in [-0.2, 0) is 11.3 Å². The summed E-state index contributed by atoms with van der Waals surface area (Å²) in [6, 6.07) is 16.3. The molecule has 0 saturated carbocycles. The predicted molar refractivity (Wildman–Crippen MR) is 120 cm³/mol. The van der Waals surface area contributed by atoms with E-state index in [1.54, 1.807) is 18.0 Å². The fourth-order valence-electron chi connectivity index (χ4n) is 3.48. The summed E-state index contributed by atoms with van der Waals surface area (Å²) in [6.45, 7) is 5.65. The van der Waals surface area contributed by atoms with Crippen LogP contribution in [0.2, 0.25) is 0 Å². The lowest BCUT2D eigenvalue weighted by Crippen LogP contribution is -2.29. The number of aromatic nitrogens is 1. The summed E-state index contributed by atoms with van der Waals surface area (Å²) in [5, 5.41) is 9.95. The number of nitrogens with zero attached hydrogens (tertiary/aromatic N) is 3. The third kappa shape index (κ3) is 5.30. The SMILES string of the molecule is Cc1cc(C)cc(OCCN(C)C(=O)/C=C/c2cn(CCC#N)c3ccccc23)c1. The summed E-state index contributed by atoms with van der Waals surface area (Å²) in [7, 11) is 1.77. The molecule has 0 saturated heterocycles. The molecule has 0 aliphatic heterocycles. The number of rotatable bonds is 8. The van der Waals surface area contributed by atoms with E-state index in [4.69, 9.17) is 10.00 Å². The predicted octanol–water partition coefficient (Wildman–Crippen LogP) is 4.72. The Morgan fingerprint density at radius 1 is 1.20 bits per heavy atom. The number of ether oxygens (including phenoxy) is 1. The lowest BCUT2D eigenvalue weighted by atomic mass is 10.1. The molecule has 0 radical (unpaired) electrons. The summed E-state index contributed by atoms with van der Waals surface area (Å²) < 4.78 is 7.86. The molecule has 0 unspecified atom stereocenters. The molecular weight excluding hydrogens is 374 g/mol. The van der Waals surface area contributed by atoms with E-state index in [-0.39, 0.29) is 5.91 Å². The third-order valence-corrected chi connectivity index (χ3v) is 4.96. The van der Waals surface area contributed by atoms with Crippen LogP contribution in [0.1, 0.15) is 23.1 Å². The summed E-state index contributed by atoms with van der Waals surface area (Å²) in [5.74, 6) is 0.752. The van der Waals surface area contributed by atoms with E-state index < -0.39 is 0 Å². The molecule has 5 heteroatoms. The average Bonchev–Trinajstić information content (AvgIpc) is 3.07. The molecule has 3 rings (SSSR count). The maximum absolute atomic E-state index is 12.5. The number of aryl methyl sites for hydroxylation is 3. The van der Waals surface area contributed by atoms with Crippen LogP contribution in [0.3, 0.4) is 0 Å². The Kier molecular flexibility index (Phi) is 6.92. The highest BCUT2D eigenvalue weighted by atomic mass is 16.5. The first-order valence-electron chi connectivity index (χ1n) is 10.1. The van der Waals surface area contributed by atoms with E-state index in [0.717, 1.165) is 33.3 Å². The van der Waals surface area contributed by atoms with Crippen molar-refractivity contribution in [1.29, 1.82) is 5.26 Å². The second-order valence-electron chi connectivity index (χ2n) is 7.47. The molecule has 30 heavy (non-hydrogen) atoms. The van der Waals surface area contributed by atoms with E-state index in [1.807, 2.05) is 62.5 Å². The fraction of sp³-hybridized carbons (Fsp3) is 0.280. The van der Waals surface area contributed by atoms with Gasteiger partial charge in [0.1, 0.15) is 12.4 Å². The molecule has 5 nitrogen and oxygen atoms in total. The highest BCUT2D eigenvalue weighted by Gasteiger charge is 2.08. The van der Waals surface area contributed by atoms with Crippen LogP contribution in [-0.4, -0.2) is 35.6 Å². The van der Waals surface area contributed by atoms with Gasteiger partial charge in [-0.15, -0.1) is 0 Å². The zero-order valence-corrected chi connectivity index (χ0v) is 17.8. The Labute approximate surface area is 177 Å². The van der Waals surface area contributed by atoms with E-state index in [0.29, 0.717) is 26.1 Å². The van der Waals surface area contributed by atoms with Crippen LogP contribution in [0.15, 0.2) is 54.7 Å². The first kappa shape index (κ1) is 21.2. The highest BCUT2D eigenvalue weighted by molar-refractivity contribution is 5.96. The number of hydrogen-bond acceptors (Lipinski definition) is 3. The van der Waals surface area contributed by atoms with Gasteiger partial charge in [0.2, 0.25) is 5.91 Å². The molecular formula is C25H27N3O2. The van der Waals surface area contributed by atoms with Gasteiger partial charge in [-0.25, -0.2) is 0 Å². The van der Waals surface area contributed by atoms with Gasteiger partial charge < -0.3 is 14.2 Å². The molecule has 3 aromatic rings. The molecule has 0 spiro atoms. The largest absolute Gasteiger partial charge is 0.492 e. The molecule has 1 amide bonds. The molecule has 0 aliphatic carbocycles. The highest BCUT2D eigenvalue weighted by Crippen LogP contribution is 2.23. The summed E-state index contributed by atoms with van der Waals surface area (Å²) in [6.07, 6.45) is 5.88. The Morgan fingerprint density at radius 2 is 1.93 bits per heavy atom. The molecule has 1 heterocycles. The Bertz CT molecular complexity index is 1090. The van der Waals surface area contributed by atoms with Crippen molar-refractivity contribution in [3.05, 3.63) is 71.4 Å². The molecule has 154 valence electrons. The number of hydrogen-bond donors (Lipinski definition) is 0. The van der Waals surface area contributed by atoms with Crippen LogP contribution in [0.4, 0.5) is 0 Å². The van der Waals surface area contributed by atoms with Gasteiger partial charge in [-0.3, -0.25) is 4.79 Å². The Morgan fingerprint density at radius 3 is 2.67 bits per heavy atom. The minimum atomic E-state index is -0.0760. The van der Waals surface area contributed by atoms with Gasteiger partial charge in [-0.05, 0) is 49.2 Å². The maximum atomic E-state index is 12.5. The molecule has 1 aromatic heterocycles. The van der Waals surface area contributed by atoms with Crippen molar-refractivity contribution < 1.29 is 9.53 Å². The quantitative estimate of drug-likeness (QED) is 0.513. The van der Waals surface area contributed by atoms with E-state index in [2.05, 4.69) is 16.7 Å². The normalized spacial score (nSPS) is 11.0. The van der Waals surface area contributed by atoms with Gasteiger partial charge in [0.05, 0.1) is 19.0 Å². The van der Waals surface area contributed by atoms with E-state index >= 15 is 0 Å². The number of fused-ring (bicyclic) bond motifs is 1. The smallest absolute Gasteiger partial charge is 0.246 e. The van der Waals surface area contributed by atoms with Crippen molar-refractivity contribution in [3.8, 4) is 11.8 Å². The summed E-state index contributed by atoms with van der Waals surface area (Å²) >= 11 is 0. The van der Waals surface area contributed by atoms with Crippen LogP contribution >= 0.6 is 0 Å². The number of carbonyl (C=O) groups excluding carboxylic acids is 1. The van der Waals surface area contributed by atoms with Crippen molar-refractivity contribution in [2.75, 3.05) is 20.2 Å². The fourth-order valence-corrected chi connectivity index (χ4v) is 3.48. The molecule has 0 bridgehead atoms. The molecule has 0 fully saturated rings. The number of carbonyl (C=O) groups is 1. The van der Waals surface area contributed by atoms with Crippen molar-refractivity contribution >= 4 is 22.9 Å². The minimum Gasteiger partial charge on any atom is -0.492 e. The van der Waals surface area contributed by atoms with Crippen LogP contribution in [0, 0.1) is 25.2 Å². The van der Waals surface area contributed by atoms with Crippen molar-refractivity contribution in [1.82, 2.24) is 9.47 Å². The second kappa shape index (κ2) is 9.80. The van der Waals surface area contributed by atoms with Gasteiger partial charge in [-0.2, -0.15) is 5.26 Å². The van der Waals surface area contributed by atoms with Gasteiger partial charge in [0.25, 0.3) is 0 Å². The van der Waals surface area contributed by atoms with E-state index in [1.165, 1.54) is 0 Å². The lowest BCUT2D eigenvalue weighted by molar-refractivity contribution is -0.125. The third-order valence-electron chi connectivity index (χ3n) is 4.96. The van der Waals surface area contributed by atoms with Crippen molar-refractivity contribution in [3.63, 3.8) is 0 Å². The van der Waals surface area contributed by atoms with Gasteiger partial charge in [0, 0.05) is 42.3 Å². The summed E-state index contributed by atoms with van der Waals surface area (Å²) in [4.78, 5) is 14.2. The molecule has 0 N–H and O–H groups in total. The lowest BCUT2D eigenvalue weighted by Gasteiger charge is -2.16. The molecule has 2 aromatic carbocycles. The average molecular weight is 402 g/mol. The number of likely N-dealkylation sites (N-methyl/N-ethyl adjacent to an activating group) is 1. The number of para-hydroxylation sites is 1. The van der Waals surface area contributed by atoms with Crippen LogP contribution in [0.25, 0.3) is 17.0 Å². The Hall–Kier alpha value is -3.52. The standard InChI is InChI=1S/C25H27N3O2/c1-19-15-20(2)17-22(16-19)30-14-13-27(3)25(29)10-9-21-18-28(12-6-11-26)24-8-5-4-7-23(21)24/h4-5,7-10,15-18H,6,12-14H2,1-3H3/b10-9+. The second-order valence-corrected chi connectivity index (χ2v) is 7.47. The number of amides is 1. The monoisotopic (exact) mass is 401 g/mol. The maximum Gasteiger partial charge on any atom is 0.246 e. The van der Waals surface area contributed by atoms with Crippen molar-refractivity contribution in [2.45, 2.75) is 26.8 Å². The van der Waals surface area contributed by atoms with Gasteiger partial charge >= 0.3 is 0 Å². The van der Waals surface area contributed by atoms with Gasteiger partial charge in [0.15, 0.2) is 0 Å². The number of benzene rings is 2.